The smallest absolute Gasteiger partial charge is 0.244 e. The molecule has 1 atom stereocenters. The van der Waals surface area contributed by atoms with Gasteiger partial charge in [0.2, 0.25) is 11.7 Å². The number of aromatic nitrogens is 2. The Kier molecular flexibility index (Phi) is 4.24. The molecule has 0 unspecified atom stereocenters. The van der Waals surface area contributed by atoms with Gasteiger partial charge in [-0.15, -0.1) is 0 Å². The standard InChI is InChI=1S/C14H19N3O3/c1-8(2)11(15)14-16-13(17-20-14)9-6-5-7-10(18-3)12(9)19-4/h5-8,11H,15H2,1-4H3/t11-/m0/s1. The third-order valence-corrected chi connectivity index (χ3v) is 3.09. The average molecular weight is 277 g/mol. The van der Waals surface area contributed by atoms with Gasteiger partial charge in [-0.1, -0.05) is 25.1 Å². The Morgan fingerprint density at radius 2 is 1.95 bits per heavy atom. The highest BCUT2D eigenvalue weighted by atomic mass is 16.5. The van der Waals surface area contributed by atoms with E-state index in [4.69, 9.17) is 19.7 Å². The van der Waals surface area contributed by atoms with Gasteiger partial charge in [-0.25, -0.2) is 0 Å². The van der Waals surface area contributed by atoms with Crippen LogP contribution in [0.2, 0.25) is 0 Å². The molecule has 2 aromatic rings. The van der Waals surface area contributed by atoms with E-state index in [0.717, 1.165) is 0 Å². The summed E-state index contributed by atoms with van der Waals surface area (Å²) in [5.41, 5.74) is 6.71. The first-order chi connectivity index (χ1) is 9.58. The van der Waals surface area contributed by atoms with Gasteiger partial charge in [0, 0.05) is 0 Å². The minimum atomic E-state index is -0.284. The molecule has 0 saturated carbocycles. The molecule has 0 amide bonds. The predicted molar refractivity (Wildman–Crippen MR) is 74.6 cm³/mol. The van der Waals surface area contributed by atoms with Crippen molar-refractivity contribution in [3.63, 3.8) is 0 Å². The van der Waals surface area contributed by atoms with Crippen LogP contribution >= 0.6 is 0 Å². The van der Waals surface area contributed by atoms with Crippen LogP contribution in [0.1, 0.15) is 25.8 Å². The molecule has 0 radical (unpaired) electrons. The maximum atomic E-state index is 6.00. The number of rotatable bonds is 5. The zero-order chi connectivity index (χ0) is 14.7. The Morgan fingerprint density at radius 3 is 2.55 bits per heavy atom. The van der Waals surface area contributed by atoms with Crippen molar-refractivity contribution < 1.29 is 14.0 Å². The maximum Gasteiger partial charge on any atom is 0.244 e. The summed E-state index contributed by atoms with van der Waals surface area (Å²) in [5, 5.41) is 3.97. The van der Waals surface area contributed by atoms with E-state index < -0.39 is 0 Å². The number of ether oxygens (including phenoxy) is 2. The summed E-state index contributed by atoms with van der Waals surface area (Å²) >= 11 is 0. The number of hydrogen-bond acceptors (Lipinski definition) is 6. The molecule has 1 heterocycles. The van der Waals surface area contributed by atoms with Crippen LogP contribution < -0.4 is 15.2 Å². The first-order valence-electron chi connectivity index (χ1n) is 6.39. The van der Waals surface area contributed by atoms with Crippen molar-refractivity contribution in [2.75, 3.05) is 14.2 Å². The van der Waals surface area contributed by atoms with Crippen LogP contribution in [0.4, 0.5) is 0 Å². The highest BCUT2D eigenvalue weighted by molar-refractivity contribution is 5.68. The highest BCUT2D eigenvalue weighted by Gasteiger charge is 2.21. The van der Waals surface area contributed by atoms with Crippen molar-refractivity contribution >= 4 is 0 Å². The second kappa shape index (κ2) is 5.92. The Hall–Kier alpha value is -2.08. The molecule has 6 nitrogen and oxygen atoms in total. The van der Waals surface area contributed by atoms with Gasteiger partial charge in [-0.05, 0) is 18.1 Å². The number of methoxy groups -OCH3 is 2. The molecule has 108 valence electrons. The fourth-order valence-corrected chi connectivity index (χ4v) is 1.83. The first kappa shape index (κ1) is 14.3. The SMILES string of the molecule is COc1cccc(-c2noc([C@@H](N)C(C)C)n2)c1OC. The lowest BCUT2D eigenvalue weighted by molar-refractivity contribution is 0.324. The summed E-state index contributed by atoms with van der Waals surface area (Å²) in [6, 6.07) is 5.21. The van der Waals surface area contributed by atoms with Gasteiger partial charge in [0.1, 0.15) is 0 Å². The Balaban J connectivity index is 2.42. The molecule has 1 aromatic heterocycles. The van der Waals surface area contributed by atoms with Crippen LogP contribution in [0.25, 0.3) is 11.4 Å². The lowest BCUT2D eigenvalue weighted by Gasteiger charge is -2.10. The van der Waals surface area contributed by atoms with Crippen molar-refractivity contribution in [2.45, 2.75) is 19.9 Å². The van der Waals surface area contributed by atoms with Crippen LogP contribution in [0.3, 0.4) is 0 Å². The van der Waals surface area contributed by atoms with Crippen molar-refractivity contribution in [2.24, 2.45) is 11.7 Å². The van der Waals surface area contributed by atoms with Crippen LogP contribution in [0, 0.1) is 5.92 Å². The molecule has 0 saturated heterocycles. The van der Waals surface area contributed by atoms with Crippen molar-refractivity contribution in [1.82, 2.24) is 10.1 Å². The Bertz CT molecular complexity index is 581. The minimum absolute atomic E-state index is 0.218. The average Bonchev–Trinajstić information content (AvgIpc) is 2.94. The summed E-state index contributed by atoms with van der Waals surface area (Å²) in [4.78, 5) is 4.35. The summed E-state index contributed by atoms with van der Waals surface area (Å²) in [6.45, 7) is 4.00. The van der Waals surface area contributed by atoms with E-state index in [2.05, 4.69) is 10.1 Å². The van der Waals surface area contributed by atoms with E-state index >= 15 is 0 Å². The van der Waals surface area contributed by atoms with Gasteiger partial charge in [-0.3, -0.25) is 0 Å². The quantitative estimate of drug-likeness (QED) is 0.903. The molecule has 6 heteroatoms. The van der Waals surface area contributed by atoms with Crippen molar-refractivity contribution in [1.29, 1.82) is 0 Å². The van der Waals surface area contributed by atoms with Gasteiger partial charge in [0.05, 0.1) is 25.8 Å². The van der Waals surface area contributed by atoms with Gasteiger partial charge < -0.3 is 19.7 Å². The van der Waals surface area contributed by atoms with Gasteiger partial charge >= 0.3 is 0 Å². The molecular weight excluding hydrogens is 258 g/mol. The number of para-hydroxylation sites is 1. The second-order valence-electron chi connectivity index (χ2n) is 4.77. The lowest BCUT2D eigenvalue weighted by atomic mass is 10.1. The molecule has 0 bridgehead atoms. The number of nitrogens with zero attached hydrogens (tertiary/aromatic N) is 2. The highest BCUT2D eigenvalue weighted by Crippen LogP contribution is 2.36. The van der Waals surface area contributed by atoms with Crippen LogP contribution in [-0.2, 0) is 0 Å². The van der Waals surface area contributed by atoms with Crippen molar-refractivity contribution in [3.05, 3.63) is 24.1 Å². The van der Waals surface area contributed by atoms with Crippen LogP contribution in [0.15, 0.2) is 22.7 Å². The minimum Gasteiger partial charge on any atom is -0.493 e. The Morgan fingerprint density at radius 1 is 1.20 bits per heavy atom. The number of hydrogen-bond donors (Lipinski definition) is 1. The largest absolute Gasteiger partial charge is 0.493 e. The van der Waals surface area contributed by atoms with E-state index in [1.54, 1.807) is 14.2 Å². The maximum absolute atomic E-state index is 6.00. The summed E-state index contributed by atoms with van der Waals surface area (Å²) in [7, 11) is 3.15. The second-order valence-corrected chi connectivity index (χ2v) is 4.77. The lowest BCUT2D eigenvalue weighted by Crippen LogP contribution is -2.16. The molecule has 2 rings (SSSR count). The molecule has 2 N–H and O–H groups in total. The summed E-state index contributed by atoms with van der Waals surface area (Å²) < 4.78 is 15.8. The fourth-order valence-electron chi connectivity index (χ4n) is 1.83. The monoisotopic (exact) mass is 277 g/mol. The van der Waals surface area contributed by atoms with E-state index in [0.29, 0.717) is 28.8 Å². The molecule has 20 heavy (non-hydrogen) atoms. The molecule has 0 aliphatic rings. The molecule has 0 aliphatic heterocycles. The topological polar surface area (TPSA) is 83.4 Å². The summed E-state index contributed by atoms with van der Waals surface area (Å²) in [6.07, 6.45) is 0. The third-order valence-electron chi connectivity index (χ3n) is 3.09. The van der Waals surface area contributed by atoms with Gasteiger partial charge in [-0.2, -0.15) is 4.98 Å². The van der Waals surface area contributed by atoms with Gasteiger partial charge in [0.15, 0.2) is 11.5 Å². The van der Waals surface area contributed by atoms with E-state index in [9.17, 15) is 0 Å². The number of benzene rings is 1. The molecule has 0 aliphatic carbocycles. The zero-order valence-electron chi connectivity index (χ0n) is 12.1. The first-order valence-corrected chi connectivity index (χ1v) is 6.39. The molecular formula is C14H19N3O3. The van der Waals surface area contributed by atoms with Gasteiger partial charge in [0.25, 0.3) is 0 Å². The van der Waals surface area contributed by atoms with E-state index in [-0.39, 0.29) is 12.0 Å². The summed E-state index contributed by atoms with van der Waals surface area (Å²) in [5.74, 6) is 2.26. The van der Waals surface area contributed by atoms with Crippen molar-refractivity contribution in [3.8, 4) is 22.9 Å². The predicted octanol–water partition coefficient (Wildman–Crippen LogP) is 2.41. The van der Waals surface area contributed by atoms with Crippen LogP contribution in [0.5, 0.6) is 11.5 Å². The number of nitrogens with two attached hydrogens (primary N) is 1. The van der Waals surface area contributed by atoms with Crippen LogP contribution in [-0.4, -0.2) is 24.4 Å². The normalized spacial score (nSPS) is 12.5. The van der Waals surface area contributed by atoms with E-state index in [1.807, 2.05) is 32.0 Å². The van der Waals surface area contributed by atoms with E-state index in [1.165, 1.54) is 0 Å². The molecule has 0 fully saturated rings. The fraction of sp³-hybridized carbons (Fsp3) is 0.429. The third kappa shape index (κ3) is 2.60. The molecule has 1 aromatic carbocycles. The zero-order valence-corrected chi connectivity index (χ0v) is 12.1. The Labute approximate surface area is 117 Å². The molecule has 0 spiro atoms.